The molecule has 5 heteroatoms. The van der Waals surface area contributed by atoms with Crippen LogP contribution in [0, 0.1) is 17.3 Å². The van der Waals surface area contributed by atoms with Crippen LogP contribution in [0.4, 0.5) is 0 Å². The minimum Gasteiger partial charge on any atom is -0.355 e. The molecule has 0 bridgehead atoms. The van der Waals surface area contributed by atoms with Crippen LogP contribution in [0.25, 0.3) is 0 Å². The molecule has 25 heavy (non-hydrogen) atoms. The quantitative estimate of drug-likeness (QED) is 0.610. The standard InChI is InChI=1S/C20H34N4O/c1-2-21-19(23-17-11-16(17)15-7-4-3-5-8-15)24-10-6-9-20(14-24)12-18(25)22-13-20/h15-17H,2-14H2,1H3,(H,21,23)(H,22,25). The third-order valence-electron chi connectivity index (χ3n) is 6.87. The predicted molar refractivity (Wildman–Crippen MR) is 100 cm³/mol. The molecule has 140 valence electrons. The molecule has 1 spiro atoms. The number of nitrogens with one attached hydrogen (secondary N) is 2. The second-order valence-corrected chi connectivity index (χ2v) is 8.83. The molecular weight excluding hydrogens is 312 g/mol. The Morgan fingerprint density at radius 1 is 1.32 bits per heavy atom. The lowest BCUT2D eigenvalue weighted by Gasteiger charge is -2.41. The number of nitrogens with zero attached hydrogens (tertiary/aromatic N) is 2. The first-order valence-electron chi connectivity index (χ1n) is 10.5. The van der Waals surface area contributed by atoms with Crippen LogP contribution in [-0.4, -0.2) is 49.0 Å². The maximum absolute atomic E-state index is 11.7. The second-order valence-electron chi connectivity index (χ2n) is 8.83. The van der Waals surface area contributed by atoms with E-state index in [0.29, 0.717) is 12.5 Å². The summed E-state index contributed by atoms with van der Waals surface area (Å²) < 4.78 is 0. The van der Waals surface area contributed by atoms with Gasteiger partial charge in [-0.3, -0.25) is 9.79 Å². The summed E-state index contributed by atoms with van der Waals surface area (Å²) in [5.74, 6) is 3.14. The Hall–Kier alpha value is -1.26. The van der Waals surface area contributed by atoms with Gasteiger partial charge in [0, 0.05) is 44.1 Å². The molecule has 1 amide bonds. The highest BCUT2D eigenvalue weighted by Crippen LogP contribution is 2.44. The van der Waals surface area contributed by atoms with Gasteiger partial charge in [0.2, 0.25) is 5.91 Å². The highest BCUT2D eigenvalue weighted by Gasteiger charge is 2.46. The summed E-state index contributed by atoms with van der Waals surface area (Å²) in [5, 5.41) is 6.85. The van der Waals surface area contributed by atoms with Gasteiger partial charge < -0.3 is 15.5 Å². The molecule has 2 saturated heterocycles. The van der Waals surface area contributed by atoms with Gasteiger partial charge in [-0.15, -0.1) is 0 Å². The van der Waals surface area contributed by atoms with Crippen molar-refractivity contribution in [3.8, 4) is 0 Å². The van der Waals surface area contributed by atoms with E-state index in [1.54, 1.807) is 0 Å². The zero-order valence-electron chi connectivity index (χ0n) is 15.7. The van der Waals surface area contributed by atoms with E-state index in [-0.39, 0.29) is 11.3 Å². The van der Waals surface area contributed by atoms with E-state index in [0.717, 1.165) is 56.8 Å². The van der Waals surface area contributed by atoms with E-state index >= 15 is 0 Å². The van der Waals surface area contributed by atoms with Crippen molar-refractivity contribution in [3.05, 3.63) is 0 Å². The first-order valence-corrected chi connectivity index (χ1v) is 10.5. The molecule has 0 aromatic heterocycles. The summed E-state index contributed by atoms with van der Waals surface area (Å²) >= 11 is 0. The van der Waals surface area contributed by atoms with Crippen molar-refractivity contribution in [2.75, 3.05) is 26.2 Å². The van der Waals surface area contributed by atoms with E-state index in [1.807, 2.05) is 0 Å². The molecule has 4 rings (SSSR count). The van der Waals surface area contributed by atoms with Gasteiger partial charge in [-0.25, -0.2) is 0 Å². The predicted octanol–water partition coefficient (Wildman–Crippen LogP) is 2.52. The lowest BCUT2D eigenvalue weighted by molar-refractivity contribution is -0.119. The van der Waals surface area contributed by atoms with Gasteiger partial charge in [-0.2, -0.15) is 0 Å². The van der Waals surface area contributed by atoms with E-state index in [1.165, 1.54) is 38.5 Å². The lowest BCUT2D eigenvalue weighted by Crippen LogP contribution is -2.52. The summed E-state index contributed by atoms with van der Waals surface area (Å²) in [6.07, 6.45) is 11.5. The number of likely N-dealkylation sites (tertiary alicyclic amines) is 1. The van der Waals surface area contributed by atoms with Gasteiger partial charge in [0.1, 0.15) is 0 Å². The minimum absolute atomic E-state index is 0.137. The number of carbonyl (C=O) groups excluding carboxylic acids is 1. The van der Waals surface area contributed by atoms with Gasteiger partial charge in [0.25, 0.3) is 0 Å². The van der Waals surface area contributed by atoms with Crippen molar-refractivity contribution in [3.63, 3.8) is 0 Å². The van der Waals surface area contributed by atoms with Gasteiger partial charge >= 0.3 is 0 Å². The molecule has 3 atom stereocenters. The van der Waals surface area contributed by atoms with Crippen LogP contribution in [0.3, 0.4) is 0 Å². The highest BCUT2D eigenvalue weighted by molar-refractivity contribution is 5.82. The molecule has 2 aliphatic heterocycles. The number of guanidine groups is 1. The van der Waals surface area contributed by atoms with Crippen molar-refractivity contribution in [2.24, 2.45) is 22.2 Å². The smallest absolute Gasteiger partial charge is 0.220 e. The van der Waals surface area contributed by atoms with Gasteiger partial charge in [0.15, 0.2) is 5.96 Å². The normalized spacial score (nSPS) is 36.6. The number of aliphatic imine (C=N–C) groups is 1. The lowest BCUT2D eigenvalue weighted by atomic mass is 9.79. The van der Waals surface area contributed by atoms with E-state index in [4.69, 9.17) is 4.99 Å². The van der Waals surface area contributed by atoms with Crippen molar-refractivity contribution in [1.29, 1.82) is 0 Å². The van der Waals surface area contributed by atoms with E-state index < -0.39 is 0 Å². The molecule has 4 fully saturated rings. The molecule has 0 aromatic carbocycles. The first-order chi connectivity index (χ1) is 12.2. The number of hydrogen-bond acceptors (Lipinski definition) is 2. The van der Waals surface area contributed by atoms with Crippen LogP contribution in [0.2, 0.25) is 0 Å². The summed E-state index contributed by atoms with van der Waals surface area (Å²) in [6.45, 7) is 5.83. The van der Waals surface area contributed by atoms with Crippen LogP contribution in [0.5, 0.6) is 0 Å². The number of hydrogen-bond donors (Lipinski definition) is 2. The molecule has 2 saturated carbocycles. The summed E-state index contributed by atoms with van der Waals surface area (Å²) in [5.41, 5.74) is 0.137. The van der Waals surface area contributed by atoms with Crippen LogP contribution < -0.4 is 10.6 Å². The van der Waals surface area contributed by atoms with Crippen molar-refractivity contribution >= 4 is 11.9 Å². The fourth-order valence-electron chi connectivity index (χ4n) is 5.45. The fourth-order valence-corrected chi connectivity index (χ4v) is 5.45. The summed E-state index contributed by atoms with van der Waals surface area (Å²) in [7, 11) is 0. The highest BCUT2D eigenvalue weighted by atomic mass is 16.1. The van der Waals surface area contributed by atoms with E-state index in [2.05, 4.69) is 22.5 Å². The molecule has 0 radical (unpaired) electrons. The van der Waals surface area contributed by atoms with Gasteiger partial charge in [-0.05, 0) is 38.0 Å². The Balaban J connectivity index is 1.36. The van der Waals surface area contributed by atoms with Crippen LogP contribution >= 0.6 is 0 Å². The van der Waals surface area contributed by atoms with Crippen LogP contribution in [0.15, 0.2) is 4.99 Å². The zero-order valence-corrected chi connectivity index (χ0v) is 15.7. The Labute approximate surface area is 152 Å². The zero-order chi connectivity index (χ0) is 17.3. The number of amides is 1. The first kappa shape index (κ1) is 17.2. The topological polar surface area (TPSA) is 56.7 Å². The molecule has 5 nitrogen and oxygen atoms in total. The average molecular weight is 347 g/mol. The number of rotatable bonds is 3. The molecule has 2 heterocycles. The molecule has 2 N–H and O–H groups in total. The Bertz CT molecular complexity index is 528. The third kappa shape index (κ3) is 3.80. The molecule has 3 unspecified atom stereocenters. The summed E-state index contributed by atoms with van der Waals surface area (Å²) in [4.78, 5) is 19.0. The largest absolute Gasteiger partial charge is 0.355 e. The van der Waals surface area contributed by atoms with Crippen LogP contribution in [0.1, 0.15) is 64.7 Å². The van der Waals surface area contributed by atoms with E-state index in [9.17, 15) is 4.79 Å². The fraction of sp³-hybridized carbons (Fsp3) is 0.900. The van der Waals surface area contributed by atoms with Gasteiger partial charge in [-0.1, -0.05) is 32.1 Å². The van der Waals surface area contributed by atoms with Crippen molar-refractivity contribution < 1.29 is 4.79 Å². The maximum atomic E-state index is 11.7. The third-order valence-corrected chi connectivity index (χ3v) is 6.87. The van der Waals surface area contributed by atoms with Crippen molar-refractivity contribution in [1.82, 2.24) is 15.5 Å². The maximum Gasteiger partial charge on any atom is 0.220 e. The number of piperidine rings is 1. The molecular formula is C20H34N4O. The Morgan fingerprint density at radius 2 is 2.16 bits per heavy atom. The van der Waals surface area contributed by atoms with Gasteiger partial charge in [0.05, 0.1) is 0 Å². The molecule has 2 aliphatic carbocycles. The SMILES string of the molecule is CCN=C(NC1CC1C1CCCCC1)N1CCCC2(CNC(=O)C2)C1. The number of carbonyl (C=O) groups is 1. The monoisotopic (exact) mass is 346 g/mol. The Kier molecular flexibility index (Phi) is 4.92. The molecule has 0 aromatic rings. The second kappa shape index (κ2) is 7.16. The van der Waals surface area contributed by atoms with Crippen LogP contribution in [-0.2, 0) is 4.79 Å². The Morgan fingerprint density at radius 3 is 2.88 bits per heavy atom. The minimum atomic E-state index is 0.137. The van der Waals surface area contributed by atoms with Crippen molar-refractivity contribution in [2.45, 2.75) is 70.8 Å². The average Bonchev–Trinajstić information content (AvgIpc) is 3.32. The summed E-state index contributed by atoms with van der Waals surface area (Å²) in [6, 6.07) is 0.634. The molecule has 4 aliphatic rings.